The van der Waals surface area contributed by atoms with E-state index in [1.807, 2.05) is 13.0 Å². The van der Waals surface area contributed by atoms with Crippen LogP contribution in [0.1, 0.15) is 11.4 Å². The highest BCUT2D eigenvalue weighted by Gasteiger charge is 2.34. The zero-order chi connectivity index (χ0) is 18.0. The molecule has 1 aromatic heterocycles. The second kappa shape index (κ2) is 7.18. The first-order chi connectivity index (χ1) is 11.9. The maximum absolute atomic E-state index is 13.5. The van der Waals surface area contributed by atoms with Crippen molar-refractivity contribution in [2.45, 2.75) is 19.4 Å². The third kappa shape index (κ3) is 4.14. The topological polar surface area (TPSA) is 78.5 Å². The van der Waals surface area contributed by atoms with Gasteiger partial charge in [-0.25, -0.2) is 8.78 Å². The van der Waals surface area contributed by atoms with Gasteiger partial charge in [-0.15, -0.1) is 0 Å². The number of aliphatic hydroxyl groups excluding tert-OH is 1. The smallest absolute Gasteiger partial charge is 0.260 e. The number of rotatable bonds is 5. The molecule has 0 aliphatic carbocycles. The van der Waals surface area contributed by atoms with Crippen molar-refractivity contribution < 1.29 is 23.4 Å². The molecule has 3 rings (SSSR count). The molecule has 2 N–H and O–H groups in total. The number of carbonyl (C=O) groups excluding carboxylic acids is 1. The number of carbonyl (C=O) groups is 1. The molecular weight excluding hydrogens is 332 g/mol. The van der Waals surface area contributed by atoms with E-state index in [0.717, 1.165) is 23.5 Å². The van der Waals surface area contributed by atoms with Gasteiger partial charge in [0.25, 0.3) is 5.91 Å². The number of benzene rings is 1. The molecule has 1 aromatic carbocycles. The summed E-state index contributed by atoms with van der Waals surface area (Å²) in [4.78, 5) is 13.7. The number of β-amino-alcohol motifs (C(OH)–C–C–N with tert-alkyl or cyclic N) is 1. The van der Waals surface area contributed by atoms with Gasteiger partial charge in [0.05, 0.1) is 11.8 Å². The van der Waals surface area contributed by atoms with Crippen LogP contribution in [0.15, 0.2) is 24.3 Å². The molecule has 25 heavy (non-hydrogen) atoms. The van der Waals surface area contributed by atoms with E-state index in [1.165, 1.54) is 4.90 Å². The second-order valence-electron chi connectivity index (χ2n) is 6.24. The van der Waals surface area contributed by atoms with Crippen LogP contribution < -0.4 is 4.74 Å². The van der Waals surface area contributed by atoms with Crippen LogP contribution in [0.3, 0.4) is 0 Å². The zero-order valence-electron chi connectivity index (χ0n) is 13.7. The molecule has 1 amide bonds. The normalized spacial score (nSPS) is 20.1. The molecule has 1 saturated heterocycles. The number of aliphatic hydroxyl groups is 1. The minimum absolute atomic E-state index is 0.116. The van der Waals surface area contributed by atoms with Crippen molar-refractivity contribution in [3.05, 3.63) is 47.3 Å². The van der Waals surface area contributed by atoms with E-state index in [-0.39, 0.29) is 30.7 Å². The number of likely N-dealkylation sites (tertiary alicyclic amines) is 1. The molecule has 0 saturated carbocycles. The van der Waals surface area contributed by atoms with E-state index in [2.05, 4.69) is 10.2 Å². The van der Waals surface area contributed by atoms with Crippen molar-refractivity contribution in [1.29, 1.82) is 0 Å². The molecule has 8 heteroatoms. The average Bonchev–Trinajstić information content (AvgIpc) is 3.13. The quantitative estimate of drug-likeness (QED) is 0.854. The van der Waals surface area contributed by atoms with Gasteiger partial charge in [0, 0.05) is 30.8 Å². The molecule has 1 aliphatic heterocycles. The van der Waals surface area contributed by atoms with Gasteiger partial charge in [-0.2, -0.15) is 5.10 Å². The third-order valence-electron chi connectivity index (χ3n) is 4.23. The highest BCUT2D eigenvalue weighted by molar-refractivity contribution is 5.78. The van der Waals surface area contributed by atoms with Crippen molar-refractivity contribution in [3.63, 3.8) is 0 Å². The fourth-order valence-corrected chi connectivity index (χ4v) is 2.93. The van der Waals surface area contributed by atoms with Crippen molar-refractivity contribution in [1.82, 2.24) is 15.1 Å². The highest BCUT2D eigenvalue weighted by Crippen LogP contribution is 2.22. The van der Waals surface area contributed by atoms with E-state index < -0.39 is 17.7 Å². The van der Waals surface area contributed by atoms with Gasteiger partial charge in [-0.3, -0.25) is 9.89 Å². The summed E-state index contributed by atoms with van der Waals surface area (Å²) in [7, 11) is 0. The van der Waals surface area contributed by atoms with Crippen LogP contribution in [-0.2, 0) is 11.2 Å². The van der Waals surface area contributed by atoms with Crippen molar-refractivity contribution in [2.24, 2.45) is 5.92 Å². The lowest BCUT2D eigenvalue weighted by molar-refractivity contribution is -0.132. The standard InChI is InChI=1S/C17H19F2N3O3/c1-10-4-13(21-20-10)5-11-7-22(8-15(11)23)17(24)9-25-16-3-2-12(18)6-14(16)19/h2-4,6,11,15,23H,5,7-9H2,1H3,(H,20,21)/t11-,15+/m1/s1. The summed E-state index contributed by atoms with van der Waals surface area (Å²) in [5, 5.41) is 17.1. The number of hydrogen-bond acceptors (Lipinski definition) is 4. The van der Waals surface area contributed by atoms with Crippen molar-refractivity contribution in [3.8, 4) is 5.75 Å². The van der Waals surface area contributed by atoms with Crippen molar-refractivity contribution in [2.75, 3.05) is 19.7 Å². The number of amides is 1. The van der Waals surface area contributed by atoms with Crippen LogP contribution in [-0.4, -0.2) is 51.9 Å². The minimum atomic E-state index is -0.860. The number of halogens is 2. The fourth-order valence-electron chi connectivity index (χ4n) is 2.93. The zero-order valence-corrected chi connectivity index (χ0v) is 13.7. The van der Waals surface area contributed by atoms with Crippen LogP contribution in [0.4, 0.5) is 8.78 Å². The lowest BCUT2D eigenvalue weighted by Gasteiger charge is -2.16. The second-order valence-corrected chi connectivity index (χ2v) is 6.24. The summed E-state index contributed by atoms with van der Waals surface area (Å²) in [6, 6.07) is 4.79. The molecule has 1 fully saturated rings. The molecule has 0 unspecified atom stereocenters. The molecule has 2 aromatic rings. The Labute approximate surface area is 143 Å². The first kappa shape index (κ1) is 17.3. The van der Waals surface area contributed by atoms with Gasteiger partial charge in [0.1, 0.15) is 5.82 Å². The van der Waals surface area contributed by atoms with Crippen LogP contribution in [0, 0.1) is 24.5 Å². The molecule has 2 heterocycles. The van der Waals surface area contributed by atoms with Crippen LogP contribution in [0.2, 0.25) is 0 Å². The van der Waals surface area contributed by atoms with E-state index in [9.17, 15) is 18.7 Å². The number of aromatic nitrogens is 2. The molecular formula is C17H19F2N3O3. The van der Waals surface area contributed by atoms with Crippen LogP contribution >= 0.6 is 0 Å². The number of nitrogens with zero attached hydrogens (tertiary/aromatic N) is 2. The first-order valence-corrected chi connectivity index (χ1v) is 7.97. The largest absolute Gasteiger partial charge is 0.481 e. The predicted octanol–water partition coefficient (Wildman–Crippen LogP) is 1.44. The number of H-pyrrole nitrogens is 1. The van der Waals surface area contributed by atoms with Gasteiger partial charge < -0.3 is 14.7 Å². The predicted molar refractivity (Wildman–Crippen MR) is 85.0 cm³/mol. The number of nitrogens with one attached hydrogen (secondary N) is 1. The number of hydrogen-bond donors (Lipinski definition) is 2. The fraction of sp³-hybridized carbons (Fsp3) is 0.412. The highest BCUT2D eigenvalue weighted by atomic mass is 19.1. The Morgan fingerprint density at radius 2 is 2.20 bits per heavy atom. The lowest BCUT2D eigenvalue weighted by atomic mass is 10.0. The molecule has 134 valence electrons. The molecule has 0 bridgehead atoms. The Morgan fingerprint density at radius 1 is 1.40 bits per heavy atom. The number of aryl methyl sites for hydroxylation is 1. The molecule has 0 radical (unpaired) electrons. The Hall–Kier alpha value is -2.48. The van der Waals surface area contributed by atoms with E-state index >= 15 is 0 Å². The van der Waals surface area contributed by atoms with Crippen LogP contribution in [0.5, 0.6) is 5.75 Å². The maximum Gasteiger partial charge on any atom is 0.260 e. The summed E-state index contributed by atoms with van der Waals surface area (Å²) in [6.45, 7) is 2.09. The maximum atomic E-state index is 13.5. The van der Waals surface area contributed by atoms with E-state index in [1.54, 1.807) is 0 Å². The molecule has 1 aliphatic rings. The average molecular weight is 351 g/mol. The molecule has 0 spiro atoms. The summed E-state index contributed by atoms with van der Waals surface area (Å²) in [6.07, 6.45) is -0.0913. The number of ether oxygens (including phenoxy) is 1. The molecule has 6 nitrogen and oxygen atoms in total. The van der Waals surface area contributed by atoms with Crippen LogP contribution in [0.25, 0.3) is 0 Å². The molecule has 2 atom stereocenters. The van der Waals surface area contributed by atoms with Gasteiger partial charge >= 0.3 is 0 Å². The summed E-state index contributed by atoms with van der Waals surface area (Å²) in [5.74, 6) is -2.23. The van der Waals surface area contributed by atoms with E-state index in [0.29, 0.717) is 19.0 Å². The van der Waals surface area contributed by atoms with Gasteiger partial charge in [0.15, 0.2) is 18.2 Å². The summed E-state index contributed by atoms with van der Waals surface area (Å²) in [5.41, 5.74) is 1.77. The Bertz CT molecular complexity index is 765. The number of aromatic amines is 1. The van der Waals surface area contributed by atoms with Gasteiger partial charge in [-0.05, 0) is 31.5 Å². The first-order valence-electron chi connectivity index (χ1n) is 7.97. The summed E-state index contributed by atoms with van der Waals surface area (Å²) >= 11 is 0. The monoisotopic (exact) mass is 351 g/mol. The minimum Gasteiger partial charge on any atom is -0.481 e. The third-order valence-corrected chi connectivity index (χ3v) is 4.23. The van der Waals surface area contributed by atoms with Crippen molar-refractivity contribution >= 4 is 5.91 Å². The van der Waals surface area contributed by atoms with E-state index in [4.69, 9.17) is 4.74 Å². The SMILES string of the molecule is Cc1cc(C[C@@H]2CN(C(=O)COc3ccc(F)cc3F)C[C@@H]2O)n[nH]1. The summed E-state index contributed by atoms with van der Waals surface area (Å²) < 4.78 is 31.5. The Kier molecular flexibility index (Phi) is 4.98. The van der Waals surface area contributed by atoms with Gasteiger partial charge in [0.2, 0.25) is 0 Å². The van der Waals surface area contributed by atoms with Gasteiger partial charge in [-0.1, -0.05) is 0 Å². The Morgan fingerprint density at radius 3 is 2.88 bits per heavy atom. The lowest BCUT2D eigenvalue weighted by Crippen LogP contribution is -2.33. The Balaban J connectivity index is 1.54.